The van der Waals surface area contributed by atoms with Gasteiger partial charge in [-0.2, -0.15) is 4.57 Å². The fourth-order valence-electron chi connectivity index (χ4n) is 3.47. The number of phosphoric ester groups is 1. The number of hydrogen-bond donors (Lipinski definition) is 0. The van der Waals surface area contributed by atoms with Gasteiger partial charge in [0.05, 0.1) is 0 Å². The highest BCUT2D eigenvalue weighted by Crippen LogP contribution is 2.50. The number of hydrogen-bond acceptors (Lipinski definition) is 4. The molecule has 0 amide bonds. The minimum atomic E-state index is -4.04. The normalized spacial score (nSPS) is 13.0. The highest BCUT2D eigenvalue weighted by atomic mass is 31.2. The lowest BCUT2D eigenvalue weighted by atomic mass is 10.0. The van der Waals surface area contributed by atoms with Gasteiger partial charge < -0.3 is 13.6 Å². The molecule has 0 saturated heterocycles. The third-order valence-corrected chi connectivity index (χ3v) is 6.53. The van der Waals surface area contributed by atoms with Crippen molar-refractivity contribution in [1.29, 1.82) is 0 Å². The van der Waals surface area contributed by atoms with Gasteiger partial charge in [0.15, 0.2) is 0 Å². The van der Waals surface area contributed by atoms with Crippen molar-refractivity contribution in [3.63, 3.8) is 0 Å². The standard InChI is InChI=1S/C27H27O4P/c1-19(2)22-10-13-25(14-11-22)29-32(28,31-27-16-9-20(3)17-21(27)4)30-26-15-12-23-7-5-6-8-24(23)18-26/h5-19H,1-4H3. The molecular weight excluding hydrogens is 419 g/mol. The van der Waals surface area contributed by atoms with E-state index in [1.54, 1.807) is 24.3 Å². The van der Waals surface area contributed by atoms with Crippen molar-refractivity contribution in [3.05, 3.63) is 102 Å². The summed E-state index contributed by atoms with van der Waals surface area (Å²) in [5.41, 5.74) is 3.11. The average molecular weight is 446 g/mol. The van der Waals surface area contributed by atoms with Gasteiger partial charge in [-0.05, 0) is 72.0 Å². The molecule has 0 bridgehead atoms. The average Bonchev–Trinajstić information content (AvgIpc) is 2.76. The molecule has 0 heterocycles. The Labute approximate surface area is 189 Å². The van der Waals surface area contributed by atoms with Gasteiger partial charge >= 0.3 is 7.82 Å². The molecule has 0 aliphatic heterocycles. The van der Waals surface area contributed by atoms with E-state index in [-0.39, 0.29) is 0 Å². The summed E-state index contributed by atoms with van der Waals surface area (Å²) in [6.07, 6.45) is 0. The molecule has 0 aliphatic rings. The minimum absolute atomic E-state index is 0.385. The van der Waals surface area contributed by atoms with Crippen LogP contribution in [0.4, 0.5) is 0 Å². The lowest BCUT2D eigenvalue weighted by Gasteiger charge is -2.21. The summed E-state index contributed by atoms with van der Waals surface area (Å²) in [4.78, 5) is 0. The van der Waals surface area contributed by atoms with Gasteiger partial charge in [0.2, 0.25) is 0 Å². The van der Waals surface area contributed by atoms with Crippen LogP contribution in [0.5, 0.6) is 17.2 Å². The number of benzene rings is 4. The molecule has 0 saturated carbocycles. The zero-order chi connectivity index (χ0) is 22.7. The van der Waals surface area contributed by atoms with Gasteiger partial charge in [0, 0.05) is 0 Å². The van der Waals surface area contributed by atoms with Gasteiger partial charge in [-0.3, -0.25) is 0 Å². The molecule has 1 atom stereocenters. The minimum Gasteiger partial charge on any atom is -0.386 e. The van der Waals surface area contributed by atoms with Crippen molar-refractivity contribution in [2.24, 2.45) is 0 Å². The molecule has 0 fully saturated rings. The molecular formula is C27H27O4P. The molecule has 4 nitrogen and oxygen atoms in total. The van der Waals surface area contributed by atoms with Gasteiger partial charge in [0.1, 0.15) is 17.2 Å². The van der Waals surface area contributed by atoms with E-state index in [1.807, 2.05) is 74.5 Å². The maximum Gasteiger partial charge on any atom is 0.647 e. The summed E-state index contributed by atoms with van der Waals surface area (Å²) < 4.78 is 31.5. The second-order valence-corrected chi connectivity index (χ2v) is 9.66. The van der Waals surface area contributed by atoms with Crippen LogP contribution >= 0.6 is 7.82 Å². The molecule has 4 rings (SSSR count). The Bertz CT molecular complexity index is 1280. The lowest BCUT2D eigenvalue weighted by Crippen LogP contribution is -2.08. The van der Waals surface area contributed by atoms with Crippen molar-refractivity contribution >= 4 is 18.6 Å². The second-order valence-electron chi connectivity index (χ2n) is 8.22. The van der Waals surface area contributed by atoms with Crippen molar-refractivity contribution in [2.75, 3.05) is 0 Å². The SMILES string of the molecule is Cc1ccc(OP(=O)(Oc2ccc(C(C)C)cc2)Oc2ccc3ccccc3c2)c(C)c1. The quantitative estimate of drug-likeness (QED) is 0.268. The summed E-state index contributed by atoms with van der Waals surface area (Å²) in [6.45, 7) is 8.13. The van der Waals surface area contributed by atoms with Crippen LogP contribution in [0.25, 0.3) is 10.8 Å². The van der Waals surface area contributed by atoms with E-state index in [0.29, 0.717) is 23.2 Å². The molecule has 0 aliphatic carbocycles. The Morgan fingerprint density at radius 2 is 1.34 bits per heavy atom. The molecule has 4 aromatic carbocycles. The van der Waals surface area contributed by atoms with Gasteiger partial charge in [-0.15, -0.1) is 0 Å². The van der Waals surface area contributed by atoms with Crippen LogP contribution in [0, 0.1) is 13.8 Å². The number of fused-ring (bicyclic) bond motifs is 1. The molecule has 5 heteroatoms. The first-order valence-electron chi connectivity index (χ1n) is 10.7. The van der Waals surface area contributed by atoms with E-state index in [0.717, 1.165) is 27.5 Å². The van der Waals surface area contributed by atoms with Crippen LogP contribution in [0.1, 0.15) is 36.5 Å². The predicted molar refractivity (Wildman–Crippen MR) is 130 cm³/mol. The second kappa shape index (κ2) is 9.10. The topological polar surface area (TPSA) is 44.8 Å². The Kier molecular flexibility index (Phi) is 6.25. The third-order valence-electron chi connectivity index (χ3n) is 5.24. The van der Waals surface area contributed by atoms with Crippen LogP contribution in [0.2, 0.25) is 0 Å². The van der Waals surface area contributed by atoms with Crippen molar-refractivity contribution in [2.45, 2.75) is 33.6 Å². The van der Waals surface area contributed by atoms with E-state index in [2.05, 4.69) is 13.8 Å². The maximum absolute atomic E-state index is 13.8. The zero-order valence-electron chi connectivity index (χ0n) is 18.7. The van der Waals surface area contributed by atoms with Gasteiger partial charge in [-0.1, -0.05) is 74.0 Å². The largest absolute Gasteiger partial charge is 0.647 e. The zero-order valence-corrected chi connectivity index (χ0v) is 19.6. The number of aryl methyl sites for hydroxylation is 2. The maximum atomic E-state index is 13.8. The highest BCUT2D eigenvalue weighted by Gasteiger charge is 2.34. The van der Waals surface area contributed by atoms with Crippen LogP contribution in [-0.4, -0.2) is 0 Å². The Balaban J connectivity index is 1.67. The highest BCUT2D eigenvalue weighted by molar-refractivity contribution is 7.49. The molecule has 32 heavy (non-hydrogen) atoms. The van der Waals surface area contributed by atoms with E-state index in [9.17, 15) is 4.57 Å². The summed E-state index contributed by atoms with van der Waals surface area (Å²) in [7, 11) is -4.04. The molecule has 0 aromatic heterocycles. The number of rotatable bonds is 7. The molecule has 164 valence electrons. The fourth-order valence-corrected chi connectivity index (χ4v) is 4.78. The van der Waals surface area contributed by atoms with Gasteiger partial charge in [0.25, 0.3) is 0 Å². The van der Waals surface area contributed by atoms with Crippen molar-refractivity contribution in [3.8, 4) is 17.2 Å². The van der Waals surface area contributed by atoms with E-state index in [1.165, 1.54) is 0 Å². The molecule has 1 unspecified atom stereocenters. The summed E-state index contributed by atoms with van der Waals surface area (Å²) in [5, 5.41) is 2.04. The van der Waals surface area contributed by atoms with Crippen LogP contribution in [0.15, 0.2) is 84.9 Å². The lowest BCUT2D eigenvalue weighted by molar-refractivity contribution is 0.298. The first-order chi connectivity index (χ1) is 15.3. The molecule has 0 radical (unpaired) electrons. The Morgan fingerprint density at radius 3 is 2.03 bits per heavy atom. The fraction of sp³-hybridized carbons (Fsp3) is 0.185. The van der Waals surface area contributed by atoms with Crippen LogP contribution < -0.4 is 13.6 Å². The first kappa shape index (κ1) is 22.0. The predicted octanol–water partition coefficient (Wildman–Crippen LogP) is 8.22. The smallest absolute Gasteiger partial charge is 0.386 e. The van der Waals surface area contributed by atoms with E-state index < -0.39 is 7.82 Å². The van der Waals surface area contributed by atoms with E-state index in [4.69, 9.17) is 13.6 Å². The molecule has 4 aromatic rings. The van der Waals surface area contributed by atoms with Crippen molar-refractivity contribution in [1.82, 2.24) is 0 Å². The molecule has 0 N–H and O–H groups in total. The monoisotopic (exact) mass is 446 g/mol. The first-order valence-corrected chi connectivity index (χ1v) is 12.1. The van der Waals surface area contributed by atoms with Crippen LogP contribution in [0.3, 0.4) is 0 Å². The summed E-state index contributed by atoms with van der Waals surface area (Å²) in [5.74, 6) is 1.67. The van der Waals surface area contributed by atoms with E-state index >= 15 is 0 Å². The Hall–Kier alpha value is -3.23. The van der Waals surface area contributed by atoms with Crippen LogP contribution in [-0.2, 0) is 4.57 Å². The van der Waals surface area contributed by atoms with Gasteiger partial charge in [-0.25, -0.2) is 0 Å². The molecule has 0 spiro atoms. The Morgan fingerprint density at radius 1 is 0.688 bits per heavy atom. The number of phosphoric acid groups is 1. The summed E-state index contributed by atoms with van der Waals surface area (Å²) >= 11 is 0. The summed E-state index contributed by atoms with van der Waals surface area (Å²) in [6, 6.07) is 26.6. The third kappa shape index (κ3) is 5.15. The van der Waals surface area contributed by atoms with Crippen molar-refractivity contribution < 1.29 is 18.1 Å².